The third kappa shape index (κ3) is 5.10. The van der Waals surface area contributed by atoms with Crippen molar-refractivity contribution in [1.82, 2.24) is 10.2 Å². The molecule has 0 bridgehead atoms. The summed E-state index contributed by atoms with van der Waals surface area (Å²) in [6, 6.07) is 6.00. The van der Waals surface area contributed by atoms with Crippen molar-refractivity contribution in [3.05, 3.63) is 35.4 Å². The number of amides is 1. The molecule has 1 heterocycles. The Hall–Kier alpha value is -1.80. The van der Waals surface area contributed by atoms with Crippen molar-refractivity contribution in [3.8, 4) is 0 Å². The zero-order valence-corrected chi connectivity index (χ0v) is 13.8. The van der Waals surface area contributed by atoms with E-state index in [2.05, 4.69) is 10.2 Å². The van der Waals surface area contributed by atoms with Gasteiger partial charge in [0.05, 0.1) is 19.3 Å². The van der Waals surface area contributed by atoms with Gasteiger partial charge in [-0.25, -0.2) is 0 Å². The Balaban J connectivity index is 1.96. The van der Waals surface area contributed by atoms with Crippen LogP contribution in [0.1, 0.15) is 22.8 Å². The van der Waals surface area contributed by atoms with Gasteiger partial charge in [-0.3, -0.25) is 14.5 Å². The fourth-order valence-corrected chi connectivity index (χ4v) is 2.57. The zero-order valence-electron chi connectivity index (χ0n) is 13.8. The maximum absolute atomic E-state index is 12.2. The van der Waals surface area contributed by atoms with E-state index >= 15 is 0 Å². The fourth-order valence-electron chi connectivity index (χ4n) is 2.57. The number of hydrogen-bond acceptors (Lipinski definition) is 6. The van der Waals surface area contributed by atoms with Crippen LogP contribution in [0.3, 0.4) is 0 Å². The molecule has 2 atom stereocenters. The van der Waals surface area contributed by atoms with E-state index in [0.717, 1.165) is 38.4 Å². The highest BCUT2D eigenvalue weighted by molar-refractivity contribution is 5.98. The first-order valence-electron chi connectivity index (χ1n) is 8.03. The Kier molecular flexibility index (Phi) is 6.86. The van der Waals surface area contributed by atoms with Gasteiger partial charge in [-0.15, -0.1) is 0 Å². The Bertz CT molecular complexity index is 553. The number of aliphatic hydroxyl groups is 2. The second-order valence-corrected chi connectivity index (χ2v) is 5.90. The van der Waals surface area contributed by atoms with Gasteiger partial charge < -0.3 is 20.3 Å². The quantitative estimate of drug-likeness (QED) is 0.624. The smallest absolute Gasteiger partial charge is 0.251 e. The summed E-state index contributed by atoms with van der Waals surface area (Å²) in [7, 11) is 0. The van der Waals surface area contributed by atoms with Crippen molar-refractivity contribution < 1.29 is 24.5 Å². The molecule has 1 amide bonds. The van der Waals surface area contributed by atoms with Gasteiger partial charge in [-0.05, 0) is 24.6 Å². The van der Waals surface area contributed by atoms with E-state index in [0.29, 0.717) is 5.56 Å². The molecule has 2 rings (SSSR count). The maximum atomic E-state index is 12.2. The average molecular weight is 336 g/mol. The Morgan fingerprint density at radius 1 is 1.25 bits per heavy atom. The molecule has 0 spiro atoms. The van der Waals surface area contributed by atoms with Gasteiger partial charge in [0.2, 0.25) is 0 Å². The minimum Gasteiger partial charge on any atom is -0.391 e. The number of morpholine rings is 1. The van der Waals surface area contributed by atoms with Crippen LogP contribution in [0.15, 0.2) is 24.3 Å². The van der Waals surface area contributed by atoms with E-state index in [-0.39, 0.29) is 0 Å². The third-order valence-electron chi connectivity index (χ3n) is 4.00. The second-order valence-electron chi connectivity index (χ2n) is 5.90. The lowest BCUT2D eigenvalue weighted by atomic mass is 10.1. The van der Waals surface area contributed by atoms with Crippen LogP contribution in [0.5, 0.6) is 0 Å². The van der Waals surface area contributed by atoms with Crippen LogP contribution in [-0.4, -0.2) is 71.9 Å². The summed E-state index contributed by atoms with van der Waals surface area (Å²) in [5.74, 6) is -1.08. The normalized spacial score (nSPS) is 18.0. The fraction of sp³-hybridized carbons (Fsp3) is 0.529. The third-order valence-corrected chi connectivity index (χ3v) is 4.00. The SMILES string of the molecule is C[C@@H](O)[C@H](NC(=O)c1ccc(CN2CCOCC2)cc1)C(=O)CO. The van der Waals surface area contributed by atoms with Crippen molar-refractivity contribution in [2.24, 2.45) is 0 Å². The van der Waals surface area contributed by atoms with Crippen molar-refractivity contribution in [2.45, 2.75) is 25.6 Å². The van der Waals surface area contributed by atoms with E-state index < -0.39 is 30.4 Å². The molecule has 1 aliphatic heterocycles. The van der Waals surface area contributed by atoms with Gasteiger partial charge >= 0.3 is 0 Å². The summed E-state index contributed by atoms with van der Waals surface area (Å²) >= 11 is 0. The van der Waals surface area contributed by atoms with Crippen molar-refractivity contribution in [2.75, 3.05) is 32.9 Å². The number of Topliss-reactive ketones (excluding diaryl/α,β-unsaturated/α-hetero) is 1. The van der Waals surface area contributed by atoms with Crippen LogP contribution in [0.25, 0.3) is 0 Å². The van der Waals surface area contributed by atoms with Gasteiger partial charge in [-0.1, -0.05) is 12.1 Å². The molecule has 1 aromatic carbocycles. The van der Waals surface area contributed by atoms with Gasteiger partial charge in [0.25, 0.3) is 5.91 Å². The Labute approximate surface area is 141 Å². The average Bonchev–Trinajstić information content (AvgIpc) is 2.60. The van der Waals surface area contributed by atoms with Crippen LogP contribution in [0.4, 0.5) is 0 Å². The second kappa shape index (κ2) is 8.89. The first-order chi connectivity index (χ1) is 11.5. The number of ketones is 1. The summed E-state index contributed by atoms with van der Waals surface area (Å²) in [4.78, 5) is 26.0. The summed E-state index contributed by atoms with van der Waals surface area (Å²) in [6.45, 7) is 4.71. The largest absolute Gasteiger partial charge is 0.391 e. The van der Waals surface area contributed by atoms with E-state index in [1.165, 1.54) is 6.92 Å². The van der Waals surface area contributed by atoms with Gasteiger partial charge in [-0.2, -0.15) is 0 Å². The number of nitrogens with zero attached hydrogens (tertiary/aromatic N) is 1. The first kappa shape index (κ1) is 18.5. The number of nitrogens with one attached hydrogen (secondary N) is 1. The molecule has 0 unspecified atom stereocenters. The number of rotatable bonds is 7. The molecule has 7 heteroatoms. The standard InChI is InChI=1S/C17H24N2O5/c1-12(21)16(15(22)11-20)18-17(23)14-4-2-13(3-5-14)10-19-6-8-24-9-7-19/h2-5,12,16,20-21H,6-11H2,1H3,(H,18,23)/t12-,16+/m1/s1. The predicted octanol–water partition coefficient (Wildman–Crippen LogP) is -0.441. The van der Waals surface area contributed by atoms with E-state index in [9.17, 15) is 14.7 Å². The molecule has 3 N–H and O–H groups in total. The van der Waals surface area contributed by atoms with E-state index in [1.807, 2.05) is 12.1 Å². The highest BCUT2D eigenvalue weighted by Gasteiger charge is 2.25. The summed E-state index contributed by atoms with van der Waals surface area (Å²) in [5.41, 5.74) is 1.49. The molecule has 0 aliphatic carbocycles. The van der Waals surface area contributed by atoms with Crippen LogP contribution >= 0.6 is 0 Å². The van der Waals surface area contributed by atoms with Crippen molar-refractivity contribution in [1.29, 1.82) is 0 Å². The van der Waals surface area contributed by atoms with Crippen LogP contribution in [0, 0.1) is 0 Å². The molecule has 0 aromatic heterocycles. The highest BCUT2D eigenvalue weighted by Crippen LogP contribution is 2.10. The topological polar surface area (TPSA) is 99.1 Å². The van der Waals surface area contributed by atoms with Gasteiger partial charge in [0.15, 0.2) is 5.78 Å². The first-order valence-corrected chi connectivity index (χ1v) is 8.03. The zero-order chi connectivity index (χ0) is 17.5. The molecule has 132 valence electrons. The molecule has 0 radical (unpaired) electrons. The molecule has 1 aromatic rings. The minimum atomic E-state index is -1.12. The number of benzene rings is 1. The number of ether oxygens (including phenoxy) is 1. The molecule has 1 aliphatic rings. The van der Waals surface area contributed by atoms with Crippen LogP contribution in [-0.2, 0) is 16.1 Å². The lowest BCUT2D eigenvalue weighted by molar-refractivity contribution is -0.125. The molecular weight excluding hydrogens is 312 g/mol. The van der Waals surface area contributed by atoms with Crippen LogP contribution < -0.4 is 5.32 Å². The molecule has 1 fully saturated rings. The maximum Gasteiger partial charge on any atom is 0.251 e. The minimum absolute atomic E-state index is 0.400. The molecule has 24 heavy (non-hydrogen) atoms. The van der Waals surface area contributed by atoms with Crippen LogP contribution in [0.2, 0.25) is 0 Å². The van der Waals surface area contributed by atoms with Crippen molar-refractivity contribution >= 4 is 11.7 Å². The summed E-state index contributed by atoms with van der Waals surface area (Å²) < 4.78 is 5.31. The monoisotopic (exact) mass is 336 g/mol. The van der Waals surface area contributed by atoms with Gasteiger partial charge in [0, 0.05) is 25.2 Å². The predicted molar refractivity (Wildman–Crippen MR) is 87.6 cm³/mol. The molecule has 7 nitrogen and oxygen atoms in total. The van der Waals surface area contributed by atoms with E-state index in [1.54, 1.807) is 12.1 Å². The van der Waals surface area contributed by atoms with Gasteiger partial charge in [0.1, 0.15) is 12.6 Å². The van der Waals surface area contributed by atoms with Crippen molar-refractivity contribution in [3.63, 3.8) is 0 Å². The number of aliphatic hydroxyl groups excluding tert-OH is 2. The number of carbonyl (C=O) groups excluding carboxylic acids is 2. The summed E-state index contributed by atoms with van der Waals surface area (Å²) in [5, 5.41) is 20.9. The molecule has 1 saturated heterocycles. The summed E-state index contributed by atoms with van der Waals surface area (Å²) in [6.07, 6.45) is -1.07. The highest BCUT2D eigenvalue weighted by atomic mass is 16.5. The number of carbonyl (C=O) groups is 2. The number of hydrogen-bond donors (Lipinski definition) is 3. The lowest BCUT2D eigenvalue weighted by Crippen LogP contribution is -2.48. The Morgan fingerprint density at radius 3 is 2.42 bits per heavy atom. The molecular formula is C17H24N2O5. The Morgan fingerprint density at radius 2 is 1.88 bits per heavy atom. The molecule has 0 saturated carbocycles. The van der Waals surface area contributed by atoms with E-state index in [4.69, 9.17) is 9.84 Å². The lowest BCUT2D eigenvalue weighted by Gasteiger charge is -2.26.